The molecule has 0 atom stereocenters. The maximum absolute atomic E-state index is 8.57. The van der Waals surface area contributed by atoms with Crippen LogP contribution in [-0.2, 0) is 0 Å². The predicted octanol–water partition coefficient (Wildman–Crippen LogP) is 0.817. The van der Waals surface area contributed by atoms with Crippen molar-refractivity contribution in [2.24, 2.45) is 0 Å². The van der Waals surface area contributed by atoms with Crippen LogP contribution in [0.5, 0.6) is 5.75 Å². The molecule has 0 aliphatic rings. The maximum atomic E-state index is 8.57. The molecule has 1 heterocycles. The Labute approximate surface area is 65.8 Å². The molecular weight excluding hydrogens is 154 g/mol. The van der Waals surface area contributed by atoms with Crippen LogP contribution in [0.1, 0.15) is 0 Å². The molecule has 4 heteroatoms. The van der Waals surface area contributed by atoms with E-state index in [9.17, 15) is 0 Å². The minimum atomic E-state index is 0. The predicted molar refractivity (Wildman–Crippen MR) is 41.3 cm³/mol. The number of nitrogens with zero attached hydrogens (tertiary/aromatic N) is 1. The van der Waals surface area contributed by atoms with Crippen molar-refractivity contribution < 1.29 is 10.2 Å². The molecule has 2 N–H and O–H groups in total. The van der Waals surface area contributed by atoms with Gasteiger partial charge in [-0.3, -0.25) is 4.98 Å². The first-order chi connectivity index (χ1) is 4.39. The van der Waals surface area contributed by atoms with Crippen LogP contribution < -0.4 is 0 Å². The van der Waals surface area contributed by atoms with Crippen molar-refractivity contribution in [2.75, 3.05) is 7.11 Å². The second-order valence-corrected chi connectivity index (χ2v) is 1.21. The van der Waals surface area contributed by atoms with Crippen molar-refractivity contribution >= 4 is 12.4 Å². The van der Waals surface area contributed by atoms with Crippen LogP contribution in [0.3, 0.4) is 0 Å². The van der Waals surface area contributed by atoms with Gasteiger partial charge >= 0.3 is 0 Å². The summed E-state index contributed by atoms with van der Waals surface area (Å²) >= 11 is 0. The summed E-state index contributed by atoms with van der Waals surface area (Å²) in [7, 11) is 1.00. The lowest BCUT2D eigenvalue weighted by atomic mass is 10.5. The molecule has 0 aromatic carbocycles. The summed E-state index contributed by atoms with van der Waals surface area (Å²) in [6.07, 6.45) is 3.00. The van der Waals surface area contributed by atoms with Crippen molar-refractivity contribution in [3.63, 3.8) is 0 Å². The first kappa shape index (κ1) is 11.9. The Morgan fingerprint density at radius 3 is 2.20 bits per heavy atom. The summed E-state index contributed by atoms with van der Waals surface area (Å²) in [6.45, 7) is 0. The average molecular weight is 164 g/mol. The van der Waals surface area contributed by atoms with E-state index in [1.54, 1.807) is 18.3 Å². The van der Waals surface area contributed by atoms with E-state index in [-0.39, 0.29) is 18.2 Å². The van der Waals surface area contributed by atoms with Crippen molar-refractivity contribution in [1.82, 2.24) is 4.98 Å². The highest BCUT2D eigenvalue weighted by Gasteiger charge is 1.76. The zero-order valence-corrected chi connectivity index (χ0v) is 6.38. The van der Waals surface area contributed by atoms with Crippen LogP contribution in [0.2, 0.25) is 0 Å². The second-order valence-electron chi connectivity index (χ2n) is 1.21. The molecule has 1 aromatic rings. The highest BCUT2D eigenvalue weighted by Crippen LogP contribution is 1.99. The Hall–Kier alpha value is -0.800. The summed E-state index contributed by atoms with van der Waals surface area (Å²) in [6, 6.07) is 3.25. The molecule has 0 amide bonds. The third kappa shape index (κ3) is 5.34. The number of aromatic hydroxyl groups is 1. The lowest BCUT2D eigenvalue weighted by Gasteiger charge is -1.81. The fourth-order valence-electron chi connectivity index (χ4n) is 0.354. The molecule has 0 spiro atoms. The largest absolute Gasteiger partial charge is 0.506 e. The molecule has 0 aliphatic carbocycles. The van der Waals surface area contributed by atoms with Crippen LogP contribution in [0.25, 0.3) is 0 Å². The van der Waals surface area contributed by atoms with Crippen molar-refractivity contribution in [3.8, 4) is 5.75 Å². The van der Waals surface area contributed by atoms with Gasteiger partial charge in [-0.1, -0.05) is 0 Å². The molecule has 0 saturated carbocycles. The van der Waals surface area contributed by atoms with Gasteiger partial charge in [-0.25, -0.2) is 0 Å². The van der Waals surface area contributed by atoms with Gasteiger partial charge < -0.3 is 10.2 Å². The summed E-state index contributed by atoms with van der Waals surface area (Å²) in [5.41, 5.74) is 0. The van der Waals surface area contributed by atoms with Crippen LogP contribution in [0, 0.1) is 0 Å². The molecule has 0 bridgehead atoms. The van der Waals surface area contributed by atoms with Gasteiger partial charge in [0.15, 0.2) is 0 Å². The molecular formula is C6H10ClNO2. The molecule has 0 saturated heterocycles. The van der Waals surface area contributed by atoms with Gasteiger partial charge in [0.25, 0.3) is 0 Å². The minimum Gasteiger partial charge on any atom is -0.506 e. The highest BCUT2D eigenvalue weighted by atomic mass is 35.5. The van der Waals surface area contributed by atoms with Crippen molar-refractivity contribution in [3.05, 3.63) is 24.5 Å². The third-order valence-corrected chi connectivity index (χ3v) is 0.646. The zero-order chi connectivity index (χ0) is 7.11. The Morgan fingerprint density at radius 2 is 2.00 bits per heavy atom. The molecule has 0 fully saturated rings. The molecule has 1 rings (SSSR count). The SMILES string of the molecule is CO.Cl.Oc1cccnc1. The summed E-state index contributed by atoms with van der Waals surface area (Å²) in [5.74, 6) is 0.211. The smallest absolute Gasteiger partial charge is 0.133 e. The fraction of sp³-hybridized carbons (Fsp3) is 0.167. The van der Waals surface area contributed by atoms with E-state index in [1.165, 1.54) is 6.20 Å². The van der Waals surface area contributed by atoms with Gasteiger partial charge in [0.2, 0.25) is 0 Å². The normalized spacial score (nSPS) is 6.60. The standard InChI is InChI=1S/C5H5NO.CH4O.ClH/c7-5-2-1-3-6-4-5;1-2;/h1-4,7H;2H,1H3;1H. The van der Waals surface area contributed by atoms with Crippen molar-refractivity contribution in [1.29, 1.82) is 0 Å². The number of hydrogen-bond acceptors (Lipinski definition) is 3. The monoisotopic (exact) mass is 163 g/mol. The fourth-order valence-corrected chi connectivity index (χ4v) is 0.354. The third-order valence-electron chi connectivity index (χ3n) is 0.646. The van der Waals surface area contributed by atoms with Gasteiger partial charge in [-0.15, -0.1) is 12.4 Å². The lowest BCUT2D eigenvalue weighted by molar-refractivity contribution is 0.399. The van der Waals surface area contributed by atoms with E-state index in [0.29, 0.717) is 0 Å². The van der Waals surface area contributed by atoms with E-state index in [2.05, 4.69) is 4.98 Å². The quantitative estimate of drug-likeness (QED) is 0.596. The number of aromatic nitrogens is 1. The second kappa shape index (κ2) is 8.20. The first-order valence-electron chi connectivity index (χ1n) is 2.43. The summed E-state index contributed by atoms with van der Waals surface area (Å²) in [5, 5.41) is 15.6. The number of aliphatic hydroxyl groups excluding tert-OH is 1. The number of rotatable bonds is 0. The lowest BCUT2D eigenvalue weighted by Crippen LogP contribution is -1.64. The van der Waals surface area contributed by atoms with E-state index in [0.717, 1.165) is 7.11 Å². The number of halogens is 1. The van der Waals surface area contributed by atoms with Gasteiger partial charge in [-0.2, -0.15) is 0 Å². The molecule has 0 aliphatic heterocycles. The average Bonchev–Trinajstić information content (AvgIpc) is 1.94. The summed E-state index contributed by atoms with van der Waals surface area (Å²) in [4.78, 5) is 3.63. The molecule has 10 heavy (non-hydrogen) atoms. The zero-order valence-electron chi connectivity index (χ0n) is 5.56. The first-order valence-corrected chi connectivity index (χ1v) is 2.43. The summed E-state index contributed by atoms with van der Waals surface area (Å²) < 4.78 is 0. The van der Waals surface area contributed by atoms with Gasteiger partial charge in [0, 0.05) is 13.3 Å². The molecule has 0 unspecified atom stereocenters. The van der Waals surface area contributed by atoms with E-state index >= 15 is 0 Å². The molecule has 3 nitrogen and oxygen atoms in total. The van der Waals surface area contributed by atoms with E-state index < -0.39 is 0 Å². The van der Waals surface area contributed by atoms with Crippen LogP contribution in [0.15, 0.2) is 24.5 Å². The molecule has 1 aromatic heterocycles. The number of hydrogen-bond donors (Lipinski definition) is 2. The van der Waals surface area contributed by atoms with Crippen LogP contribution in [0.4, 0.5) is 0 Å². The topological polar surface area (TPSA) is 53.4 Å². The van der Waals surface area contributed by atoms with E-state index in [4.69, 9.17) is 10.2 Å². The van der Waals surface area contributed by atoms with Gasteiger partial charge in [0.1, 0.15) is 5.75 Å². The Bertz CT molecular complexity index is 146. The molecule has 58 valence electrons. The Kier molecular flexibility index (Phi) is 9.79. The number of pyridine rings is 1. The van der Waals surface area contributed by atoms with E-state index in [1.807, 2.05) is 0 Å². The number of aliphatic hydroxyl groups is 1. The minimum absolute atomic E-state index is 0. The van der Waals surface area contributed by atoms with Crippen LogP contribution in [-0.4, -0.2) is 22.3 Å². The van der Waals surface area contributed by atoms with Gasteiger partial charge in [-0.05, 0) is 12.1 Å². The maximum Gasteiger partial charge on any atom is 0.133 e. The Morgan fingerprint density at radius 1 is 1.40 bits per heavy atom. The van der Waals surface area contributed by atoms with Gasteiger partial charge in [0.05, 0.1) is 6.20 Å². The molecule has 0 radical (unpaired) electrons. The Balaban J connectivity index is 0. The van der Waals surface area contributed by atoms with Crippen molar-refractivity contribution in [2.45, 2.75) is 0 Å². The van der Waals surface area contributed by atoms with Crippen LogP contribution >= 0.6 is 12.4 Å². The highest BCUT2D eigenvalue weighted by molar-refractivity contribution is 5.85.